The van der Waals surface area contributed by atoms with E-state index in [-0.39, 0.29) is 5.75 Å². The quantitative estimate of drug-likeness (QED) is 0.534. The van der Waals surface area contributed by atoms with Gasteiger partial charge in [0.15, 0.2) is 23.1 Å². The van der Waals surface area contributed by atoms with Crippen LogP contribution in [0.2, 0.25) is 0 Å². The molecule has 4 rings (SSSR count). The molecule has 4 nitrogen and oxygen atoms in total. The van der Waals surface area contributed by atoms with E-state index in [0.29, 0.717) is 22.6 Å². The third kappa shape index (κ3) is 3.04. The average Bonchev–Trinajstić information content (AvgIpc) is 2.99. The van der Waals surface area contributed by atoms with Crippen LogP contribution >= 0.6 is 0 Å². The second kappa shape index (κ2) is 6.26. The van der Waals surface area contributed by atoms with E-state index in [9.17, 15) is 4.39 Å². The summed E-state index contributed by atoms with van der Waals surface area (Å²) in [4.78, 5) is 12.1. The van der Waals surface area contributed by atoms with Gasteiger partial charge in [-0.1, -0.05) is 23.3 Å². The van der Waals surface area contributed by atoms with Gasteiger partial charge in [0.2, 0.25) is 0 Å². The SMILES string of the molecule is Cc1cc(C)cc(-c2ncc3c(Oc4ccc(C)cc4F)c[nH]c3n2)c1. The van der Waals surface area contributed by atoms with Crippen LogP contribution < -0.4 is 4.74 Å². The maximum Gasteiger partial charge on any atom is 0.165 e. The Bertz CT molecular complexity index is 1100. The first-order chi connectivity index (χ1) is 12.5. The molecule has 4 aromatic rings. The summed E-state index contributed by atoms with van der Waals surface area (Å²) < 4.78 is 19.8. The number of aromatic amines is 1. The number of hydrogen-bond donors (Lipinski definition) is 1. The topological polar surface area (TPSA) is 50.8 Å². The van der Waals surface area contributed by atoms with E-state index < -0.39 is 5.82 Å². The van der Waals surface area contributed by atoms with E-state index in [1.807, 2.05) is 26.8 Å². The van der Waals surface area contributed by atoms with Crippen molar-refractivity contribution < 1.29 is 9.13 Å². The summed E-state index contributed by atoms with van der Waals surface area (Å²) in [6, 6.07) is 11.1. The summed E-state index contributed by atoms with van der Waals surface area (Å²) in [5, 5.41) is 0.707. The molecule has 0 amide bonds. The molecule has 5 heteroatoms. The molecule has 130 valence electrons. The van der Waals surface area contributed by atoms with Gasteiger partial charge in [-0.15, -0.1) is 0 Å². The fourth-order valence-electron chi connectivity index (χ4n) is 3.02. The number of nitrogens with one attached hydrogen (secondary N) is 1. The molecule has 0 saturated carbocycles. The molecule has 0 aliphatic rings. The van der Waals surface area contributed by atoms with Crippen LogP contribution in [0.25, 0.3) is 22.4 Å². The van der Waals surface area contributed by atoms with Crippen LogP contribution in [-0.2, 0) is 0 Å². The van der Waals surface area contributed by atoms with Crippen LogP contribution in [0.5, 0.6) is 11.5 Å². The number of H-pyrrole nitrogens is 1. The first-order valence-corrected chi connectivity index (χ1v) is 8.36. The Morgan fingerprint density at radius 2 is 1.69 bits per heavy atom. The van der Waals surface area contributed by atoms with Gasteiger partial charge in [0.25, 0.3) is 0 Å². The van der Waals surface area contributed by atoms with Gasteiger partial charge in [-0.25, -0.2) is 14.4 Å². The van der Waals surface area contributed by atoms with E-state index in [1.54, 1.807) is 18.5 Å². The minimum Gasteiger partial charge on any atom is -0.452 e. The molecule has 0 spiro atoms. The van der Waals surface area contributed by atoms with Gasteiger partial charge in [0.1, 0.15) is 5.65 Å². The van der Waals surface area contributed by atoms with Crippen molar-refractivity contribution in [1.82, 2.24) is 15.0 Å². The highest BCUT2D eigenvalue weighted by Crippen LogP contribution is 2.31. The van der Waals surface area contributed by atoms with Crippen LogP contribution in [0, 0.1) is 26.6 Å². The normalized spacial score (nSPS) is 11.1. The molecule has 1 N–H and O–H groups in total. The van der Waals surface area contributed by atoms with Gasteiger partial charge < -0.3 is 9.72 Å². The molecule has 0 aliphatic carbocycles. The molecule has 0 fully saturated rings. The molecule has 0 saturated heterocycles. The zero-order valence-corrected chi connectivity index (χ0v) is 14.8. The largest absolute Gasteiger partial charge is 0.452 e. The number of ether oxygens (including phenoxy) is 1. The Kier molecular flexibility index (Phi) is 3.92. The third-order valence-corrected chi connectivity index (χ3v) is 4.18. The molecule has 0 aliphatic heterocycles. The molecular formula is C21H18FN3O. The molecule has 2 aromatic carbocycles. The number of aryl methyl sites for hydroxylation is 3. The smallest absolute Gasteiger partial charge is 0.165 e. The third-order valence-electron chi connectivity index (χ3n) is 4.18. The molecule has 26 heavy (non-hydrogen) atoms. The Morgan fingerprint density at radius 3 is 2.42 bits per heavy atom. The molecule has 0 atom stereocenters. The number of aromatic nitrogens is 3. The zero-order chi connectivity index (χ0) is 18.3. The fourth-order valence-corrected chi connectivity index (χ4v) is 3.02. The van der Waals surface area contributed by atoms with Crippen LogP contribution in [0.4, 0.5) is 4.39 Å². The van der Waals surface area contributed by atoms with E-state index >= 15 is 0 Å². The van der Waals surface area contributed by atoms with Crippen LogP contribution in [0.1, 0.15) is 16.7 Å². The number of fused-ring (bicyclic) bond motifs is 1. The van der Waals surface area contributed by atoms with Gasteiger partial charge >= 0.3 is 0 Å². The summed E-state index contributed by atoms with van der Waals surface area (Å²) in [5.41, 5.74) is 4.78. The van der Waals surface area contributed by atoms with Crippen LogP contribution in [-0.4, -0.2) is 15.0 Å². The second-order valence-corrected chi connectivity index (χ2v) is 6.52. The minimum absolute atomic E-state index is 0.176. The van der Waals surface area contributed by atoms with Gasteiger partial charge in [-0.05, 0) is 50.6 Å². The maximum atomic E-state index is 14.0. The number of halogens is 1. The summed E-state index contributed by atoms with van der Waals surface area (Å²) in [6.45, 7) is 5.93. The van der Waals surface area contributed by atoms with Crippen molar-refractivity contribution in [1.29, 1.82) is 0 Å². The number of hydrogen-bond acceptors (Lipinski definition) is 3. The van der Waals surface area contributed by atoms with Crippen molar-refractivity contribution in [2.75, 3.05) is 0 Å². The predicted molar refractivity (Wildman–Crippen MR) is 100 cm³/mol. The Balaban J connectivity index is 1.71. The summed E-state index contributed by atoms with van der Waals surface area (Å²) >= 11 is 0. The van der Waals surface area contributed by atoms with Gasteiger partial charge in [-0.3, -0.25) is 0 Å². The lowest BCUT2D eigenvalue weighted by molar-refractivity contribution is 0.446. The lowest BCUT2D eigenvalue weighted by Crippen LogP contribution is -1.92. The van der Waals surface area contributed by atoms with E-state index in [0.717, 1.165) is 22.3 Å². The maximum absolute atomic E-state index is 14.0. The second-order valence-electron chi connectivity index (χ2n) is 6.52. The minimum atomic E-state index is -0.396. The lowest BCUT2D eigenvalue weighted by Gasteiger charge is -2.06. The fraction of sp³-hybridized carbons (Fsp3) is 0.143. The van der Waals surface area contributed by atoms with E-state index in [1.165, 1.54) is 6.07 Å². The summed E-state index contributed by atoms with van der Waals surface area (Å²) in [7, 11) is 0. The molecule has 0 unspecified atom stereocenters. The average molecular weight is 347 g/mol. The monoisotopic (exact) mass is 347 g/mol. The summed E-state index contributed by atoms with van der Waals surface area (Å²) in [5.74, 6) is 0.913. The molecule has 0 bridgehead atoms. The lowest BCUT2D eigenvalue weighted by atomic mass is 10.1. The Morgan fingerprint density at radius 1 is 0.923 bits per heavy atom. The number of rotatable bonds is 3. The van der Waals surface area contributed by atoms with Crippen molar-refractivity contribution in [3.05, 3.63) is 71.3 Å². The van der Waals surface area contributed by atoms with Crippen molar-refractivity contribution >= 4 is 11.0 Å². The van der Waals surface area contributed by atoms with Crippen molar-refractivity contribution in [3.63, 3.8) is 0 Å². The Labute approximate surface area is 150 Å². The summed E-state index contributed by atoms with van der Waals surface area (Å²) in [6.07, 6.45) is 3.37. The predicted octanol–water partition coefficient (Wildman–Crippen LogP) is 5.48. The number of nitrogens with zero attached hydrogens (tertiary/aromatic N) is 2. The first kappa shape index (κ1) is 16.3. The number of benzene rings is 2. The molecule has 2 aromatic heterocycles. The highest BCUT2D eigenvalue weighted by molar-refractivity contribution is 5.84. The van der Waals surface area contributed by atoms with Crippen molar-refractivity contribution in [3.8, 4) is 22.9 Å². The Hall–Kier alpha value is -3.21. The molecule has 2 heterocycles. The highest BCUT2D eigenvalue weighted by atomic mass is 19.1. The van der Waals surface area contributed by atoms with E-state index in [4.69, 9.17) is 4.74 Å². The first-order valence-electron chi connectivity index (χ1n) is 8.36. The van der Waals surface area contributed by atoms with Crippen molar-refractivity contribution in [2.24, 2.45) is 0 Å². The van der Waals surface area contributed by atoms with E-state index in [2.05, 4.69) is 33.2 Å². The van der Waals surface area contributed by atoms with Gasteiger partial charge in [0.05, 0.1) is 5.39 Å². The van der Waals surface area contributed by atoms with Crippen molar-refractivity contribution in [2.45, 2.75) is 20.8 Å². The molecular weight excluding hydrogens is 329 g/mol. The van der Waals surface area contributed by atoms with Gasteiger partial charge in [0, 0.05) is 18.0 Å². The highest BCUT2D eigenvalue weighted by Gasteiger charge is 2.12. The standard InChI is InChI=1S/C21H18FN3O/c1-12-4-5-18(17(22)9-12)26-19-11-24-21-16(19)10-23-20(25-21)15-7-13(2)6-14(3)8-15/h4-11H,1-3H3,(H,23,24,25). The van der Waals surface area contributed by atoms with Gasteiger partial charge in [-0.2, -0.15) is 0 Å². The molecule has 0 radical (unpaired) electrons. The van der Waals surface area contributed by atoms with Crippen LogP contribution in [0.15, 0.2) is 48.8 Å². The zero-order valence-electron chi connectivity index (χ0n) is 14.8. The van der Waals surface area contributed by atoms with Crippen LogP contribution in [0.3, 0.4) is 0 Å².